The molecule has 2 N–H and O–H groups in total. The highest BCUT2D eigenvalue weighted by Gasteiger charge is 2.33. The highest BCUT2D eigenvalue weighted by Crippen LogP contribution is 2.29. The number of halogens is 4. The zero-order chi connectivity index (χ0) is 17.6. The molecule has 0 aromatic carbocycles. The number of hydrogen-bond acceptors (Lipinski definition) is 4. The maximum absolute atomic E-state index is 12.5. The average molecular weight is 488 g/mol. The van der Waals surface area contributed by atoms with Crippen molar-refractivity contribution >= 4 is 41.3 Å². The number of aryl methyl sites for hydroxylation is 1. The Morgan fingerprint density at radius 2 is 2.12 bits per heavy atom. The molecule has 6 nitrogen and oxygen atoms in total. The van der Waals surface area contributed by atoms with Crippen molar-refractivity contribution in [3.63, 3.8) is 0 Å². The average Bonchev–Trinajstić information content (AvgIpc) is 3.13. The zero-order valence-corrected chi connectivity index (χ0v) is 16.9. The second kappa shape index (κ2) is 9.94. The maximum atomic E-state index is 12.5. The van der Waals surface area contributed by atoms with E-state index in [1.54, 1.807) is 10.9 Å². The topological polar surface area (TPSA) is 67.1 Å². The number of aliphatic imine (C=N–C) groups is 1. The Labute approximate surface area is 165 Å². The minimum absolute atomic E-state index is 0. The minimum atomic E-state index is -4.39. The van der Waals surface area contributed by atoms with Crippen molar-refractivity contribution in [1.82, 2.24) is 25.4 Å². The van der Waals surface area contributed by atoms with E-state index in [-0.39, 0.29) is 24.0 Å². The molecule has 11 heteroatoms. The Kier molecular flexibility index (Phi) is 8.62. The van der Waals surface area contributed by atoms with Gasteiger partial charge in [0.25, 0.3) is 0 Å². The number of alkyl halides is 3. The fraction of sp³-hybridized carbons (Fsp3) is 0.500. The fourth-order valence-corrected chi connectivity index (χ4v) is 2.71. The minimum Gasteiger partial charge on any atom is -0.357 e. The normalized spacial score (nSPS) is 12.0. The molecule has 2 aromatic rings. The van der Waals surface area contributed by atoms with E-state index in [1.165, 1.54) is 0 Å². The van der Waals surface area contributed by atoms with Crippen LogP contribution in [-0.2, 0) is 26.2 Å². The summed E-state index contributed by atoms with van der Waals surface area (Å²) in [5.74, 6) is 0.606. The predicted molar refractivity (Wildman–Crippen MR) is 102 cm³/mol. The maximum Gasteiger partial charge on any atom is 0.434 e. The summed E-state index contributed by atoms with van der Waals surface area (Å²) in [5.41, 5.74) is 0.143. The van der Waals surface area contributed by atoms with Gasteiger partial charge in [-0.3, -0.25) is 4.68 Å². The largest absolute Gasteiger partial charge is 0.434 e. The molecule has 0 atom stereocenters. The molecule has 0 aliphatic heterocycles. The van der Waals surface area contributed by atoms with Gasteiger partial charge in [0.15, 0.2) is 11.7 Å². The van der Waals surface area contributed by atoms with Gasteiger partial charge in [0.1, 0.15) is 0 Å². The lowest BCUT2D eigenvalue weighted by Gasteiger charge is -2.10. The Hall–Kier alpha value is -1.37. The number of nitrogens with zero attached hydrogens (tertiary/aromatic N) is 4. The number of aromatic nitrogens is 3. The SMILES string of the molecule is CCNC(=NCc1cnn(C)c1)NCCc1nc(C(F)(F)F)cs1.I. The van der Waals surface area contributed by atoms with Gasteiger partial charge in [-0.1, -0.05) is 0 Å². The van der Waals surface area contributed by atoms with Crippen LogP contribution in [-0.4, -0.2) is 33.8 Å². The third kappa shape index (κ3) is 7.18. The molecule has 0 saturated heterocycles. The first-order valence-corrected chi connectivity index (χ1v) is 8.27. The van der Waals surface area contributed by atoms with E-state index in [9.17, 15) is 13.2 Å². The summed E-state index contributed by atoms with van der Waals surface area (Å²) in [4.78, 5) is 8.02. The third-order valence-electron chi connectivity index (χ3n) is 3.00. The molecule has 25 heavy (non-hydrogen) atoms. The van der Waals surface area contributed by atoms with Crippen LogP contribution in [0.3, 0.4) is 0 Å². The Morgan fingerprint density at radius 1 is 1.36 bits per heavy atom. The van der Waals surface area contributed by atoms with Gasteiger partial charge >= 0.3 is 6.18 Å². The van der Waals surface area contributed by atoms with Crippen LogP contribution in [0.5, 0.6) is 0 Å². The van der Waals surface area contributed by atoms with Crippen LogP contribution >= 0.6 is 35.3 Å². The van der Waals surface area contributed by atoms with Gasteiger partial charge < -0.3 is 10.6 Å². The van der Waals surface area contributed by atoms with Gasteiger partial charge in [-0.2, -0.15) is 18.3 Å². The van der Waals surface area contributed by atoms with E-state index in [0.717, 1.165) is 22.3 Å². The van der Waals surface area contributed by atoms with Crippen molar-refractivity contribution in [3.8, 4) is 0 Å². The lowest BCUT2D eigenvalue weighted by Crippen LogP contribution is -2.38. The van der Waals surface area contributed by atoms with Crippen molar-refractivity contribution in [2.45, 2.75) is 26.1 Å². The van der Waals surface area contributed by atoms with Crippen LogP contribution in [0.15, 0.2) is 22.8 Å². The number of guanidine groups is 1. The van der Waals surface area contributed by atoms with E-state index in [4.69, 9.17) is 0 Å². The number of nitrogens with one attached hydrogen (secondary N) is 2. The number of thiazole rings is 1. The van der Waals surface area contributed by atoms with E-state index >= 15 is 0 Å². The molecule has 0 fully saturated rings. The molecule has 0 spiro atoms. The first-order valence-electron chi connectivity index (χ1n) is 7.39. The van der Waals surface area contributed by atoms with Gasteiger partial charge in [0, 0.05) is 43.7 Å². The molecular formula is C14H20F3IN6S. The summed E-state index contributed by atoms with van der Waals surface area (Å²) < 4.78 is 39.2. The summed E-state index contributed by atoms with van der Waals surface area (Å²) in [7, 11) is 1.83. The van der Waals surface area contributed by atoms with Crippen LogP contribution in [0.25, 0.3) is 0 Å². The molecule has 0 aliphatic carbocycles. The fourth-order valence-electron chi connectivity index (χ4n) is 1.91. The summed E-state index contributed by atoms with van der Waals surface area (Å²) in [6.07, 6.45) is -0.372. The van der Waals surface area contributed by atoms with Crippen molar-refractivity contribution in [1.29, 1.82) is 0 Å². The molecule has 2 heterocycles. The van der Waals surface area contributed by atoms with Gasteiger partial charge in [-0.15, -0.1) is 35.3 Å². The van der Waals surface area contributed by atoms with Crippen molar-refractivity contribution in [3.05, 3.63) is 34.0 Å². The van der Waals surface area contributed by atoms with Gasteiger partial charge in [-0.25, -0.2) is 9.98 Å². The summed E-state index contributed by atoms with van der Waals surface area (Å²) in [5, 5.41) is 11.7. The zero-order valence-electron chi connectivity index (χ0n) is 13.8. The van der Waals surface area contributed by atoms with Gasteiger partial charge in [-0.05, 0) is 6.92 Å². The molecule has 0 saturated carbocycles. The molecule has 2 rings (SSSR count). The van der Waals surface area contributed by atoms with Crippen LogP contribution in [0.4, 0.5) is 13.2 Å². The van der Waals surface area contributed by atoms with E-state index in [0.29, 0.717) is 37.0 Å². The molecule has 0 unspecified atom stereocenters. The number of rotatable bonds is 6. The van der Waals surface area contributed by atoms with E-state index in [2.05, 4.69) is 25.7 Å². The standard InChI is InChI=1S/C14H19F3N6S.HI/c1-3-18-13(20-6-10-7-21-23(2)8-10)19-5-4-12-22-11(9-24-12)14(15,16)17;/h7-9H,3-6H2,1-2H3,(H2,18,19,20);1H. The monoisotopic (exact) mass is 488 g/mol. The Balaban J connectivity index is 0.00000312. The molecule has 0 bridgehead atoms. The second-order valence-corrected chi connectivity index (χ2v) is 5.96. The Bertz CT molecular complexity index is 682. The highest BCUT2D eigenvalue weighted by molar-refractivity contribution is 14.0. The van der Waals surface area contributed by atoms with Crippen LogP contribution in [0, 0.1) is 0 Å². The molecule has 0 aliphatic rings. The predicted octanol–water partition coefficient (Wildman–Crippen LogP) is 2.81. The second-order valence-electron chi connectivity index (χ2n) is 5.02. The van der Waals surface area contributed by atoms with E-state index < -0.39 is 11.9 Å². The van der Waals surface area contributed by atoms with Gasteiger partial charge in [0.05, 0.1) is 17.7 Å². The highest BCUT2D eigenvalue weighted by atomic mass is 127. The van der Waals surface area contributed by atoms with E-state index in [1.807, 2.05) is 20.2 Å². The van der Waals surface area contributed by atoms with Crippen LogP contribution in [0.1, 0.15) is 23.2 Å². The lowest BCUT2D eigenvalue weighted by atomic mass is 10.4. The Morgan fingerprint density at radius 3 is 2.68 bits per heavy atom. The molecule has 0 amide bonds. The first-order chi connectivity index (χ1) is 11.4. The van der Waals surface area contributed by atoms with Crippen LogP contribution < -0.4 is 10.6 Å². The molecule has 140 valence electrons. The molecule has 0 radical (unpaired) electrons. The van der Waals surface area contributed by atoms with Crippen molar-refractivity contribution in [2.75, 3.05) is 13.1 Å². The van der Waals surface area contributed by atoms with Crippen molar-refractivity contribution in [2.24, 2.45) is 12.0 Å². The number of hydrogen-bond donors (Lipinski definition) is 2. The quantitative estimate of drug-likeness (QED) is 0.373. The summed E-state index contributed by atoms with van der Waals surface area (Å²) in [6.45, 7) is 3.55. The molecule has 2 aromatic heterocycles. The van der Waals surface area contributed by atoms with Crippen LogP contribution in [0.2, 0.25) is 0 Å². The first kappa shape index (κ1) is 21.7. The third-order valence-corrected chi connectivity index (χ3v) is 3.90. The van der Waals surface area contributed by atoms with Gasteiger partial charge in [0.2, 0.25) is 0 Å². The van der Waals surface area contributed by atoms with Crippen molar-refractivity contribution < 1.29 is 13.2 Å². The lowest BCUT2D eigenvalue weighted by molar-refractivity contribution is -0.140. The molecular weight excluding hydrogens is 468 g/mol. The smallest absolute Gasteiger partial charge is 0.357 e. The summed E-state index contributed by atoms with van der Waals surface area (Å²) >= 11 is 1.01. The summed E-state index contributed by atoms with van der Waals surface area (Å²) in [6, 6.07) is 0.